The molecule has 4 nitrogen and oxygen atoms in total. The maximum atomic E-state index is 11.9. The van der Waals surface area contributed by atoms with E-state index in [9.17, 15) is 9.59 Å². The first kappa shape index (κ1) is 16.4. The Morgan fingerprint density at radius 3 is 2.25 bits per heavy atom. The fourth-order valence-corrected chi connectivity index (χ4v) is 2.87. The molecule has 0 aliphatic heterocycles. The van der Waals surface area contributed by atoms with Gasteiger partial charge in [0.2, 0.25) is 0 Å². The Labute approximate surface area is 121 Å². The molecule has 20 heavy (non-hydrogen) atoms. The quantitative estimate of drug-likeness (QED) is 0.548. The van der Waals surface area contributed by atoms with Gasteiger partial charge in [-0.2, -0.15) is 0 Å². The molecule has 0 aromatic carbocycles. The molecule has 1 aliphatic rings. The smallest absolute Gasteiger partial charge is 0.140 e. The van der Waals surface area contributed by atoms with E-state index in [-0.39, 0.29) is 17.5 Å². The van der Waals surface area contributed by atoms with Crippen molar-refractivity contribution < 1.29 is 9.59 Å². The third kappa shape index (κ3) is 3.07. The number of nitrogens with one attached hydrogen (secondary N) is 2. The van der Waals surface area contributed by atoms with Crippen LogP contribution in [-0.4, -0.2) is 31.2 Å². The number of allylic oxidation sites excluding steroid dienone is 1. The van der Waals surface area contributed by atoms with Crippen LogP contribution in [0.4, 0.5) is 0 Å². The van der Waals surface area contributed by atoms with E-state index in [1.807, 2.05) is 26.2 Å². The number of rotatable bonds is 7. The summed E-state index contributed by atoms with van der Waals surface area (Å²) in [5.74, 6) is -1.16. The molecule has 0 heterocycles. The number of hydrogen-bond acceptors (Lipinski definition) is 4. The predicted octanol–water partition coefficient (Wildman–Crippen LogP) is 1.60. The van der Waals surface area contributed by atoms with Gasteiger partial charge in [0.15, 0.2) is 0 Å². The highest BCUT2D eigenvalue weighted by Gasteiger charge is 2.42. The second-order valence-electron chi connectivity index (χ2n) is 5.20. The molecule has 0 amide bonds. The predicted molar refractivity (Wildman–Crippen MR) is 81.2 cm³/mol. The van der Waals surface area contributed by atoms with Gasteiger partial charge < -0.3 is 10.6 Å². The maximum absolute atomic E-state index is 11.9. The van der Waals surface area contributed by atoms with Crippen molar-refractivity contribution in [3.05, 3.63) is 36.6 Å². The Morgan fingerprint density at radius 1 is 1.35 bits per heavy atom. The average molecular weight is 276 g/mol. The van der Waals surface area contributed by atoms with E-state index in [0.29, 0.717) is 6.42 Å². The summed E-state index contributed by atoms with van der Waals surface area (Å²) in [7, 11) is 3.71. The lowest BCUT2D eigenvalue weighted by molar-refractivity contribution is -0.132. The minimum absolute atomic E-state index is 0.117. The van der Waals surface area contributed by atoms with E-state index in [1.165, 1.54) is 13.8 Å². The van der Waals surface area contributed by atoms with Crippen LogP contribution in [0.25, 0.3) is 0 Å². The van der Waals surface area contributed by atoms with Crippen molar-refractivity contribution in [3.63, 3.8) is 0 Å². The van der Waals surface area contributed by atoms with Gasteiger partial charge >= 0.3 is 0 Å². The molecular formula is C16H24N2O2. The van der Waals surface area contributed by atoms with Crippen molar-refractivity contribution in [3.8, 4) is 0 Å². The largest absolute Gasteiger partial charge is 0.388 e. The molecule has 4 heteroatoms. The highest BCUT2D eigenvalue weighted by molar-refractivity contribution is 6.01. The summed E-state index contributed by atoms with van der Waals surface area (Å²) in [4.78, 5) is 23.7. The molecule has 0 radical (unpaired) electrons. The lowest BCUT2D eigenvalue weighted by Gasteiger charge is -2.40. The normalized spacial score (nSPS) is 23.1. The van der Waals surface area contributed by atoms with Crippen molar-refractivity contribution in [1.29, 1.82) is 0 Å². The molecule has 0 bridgehead atoms. The standard InChI is InChI=1S/C16H24N2O2/c1-6-14(15(11(2)19)12(3)20)16(18-5)9-7-13(17-4)8-10-16/h6-9,14-15,17-18H,1,10H2,2-5H3. The lowest BCUT2D eigenvalue weighted by Crippen LogP contribution is -2.53. The van der Waals surface area contributed by atoms with Gasteiger partial charge in [0.25, 0.3) is 0 Å². The van der Waals surface area contributed by atoms with Gasteiger partial charge in [0.1, 0.15) is 11.6 Å². The topological polar surface area (TPSA) is 58.2 Å². The van der Waals surface area contributed by atoms with Crippen LogP contribution in [0.2, 0.25) is 0 Å². The Balaban J connectivity index is 3.18. The molecule has 2 unspecified atom stereocenters. The van der Waals surface area contributed by atoms with E-state index >= 15 is 0 Å². The summed E-state index contributed by atoms with van der Waals surface area (Å²) in [6.45, 7) is 6.77. The van der Waals surface area contributed by atoms with Gasteiger partial charge in [-0.25, -0.2) is 0 Å². The highest BCUT2D eigenvalue weighted by Crippen LogP contribution is 2.34. The van der Waals surface area contributed by atoms with Crippen molar-refractivity contribution in [2.45, 2.75) is 25.8 Å². The van der Waals surface area contributed by atoms with Crippen LogP contribution < -0.4 is 10.6 Å². The van der Waals surface area contributed by atoms with E-state index in [2.05, 4.69) is 23.3 Å². The van der Waals surface area contributed by atoms with E-state index < -0.39 is 11.5 Å². The number of carbonyl (C=O) groups is 2. The fourth-order valence-electron chi connectivity index (χ4n) is 2.87. The molecule has 0 aromatic rings. The van der Waals surface area contributed by atoms with Crippen LogP contribution in [0.3, 0.4) is 0 Å². The minimum atomic E-state index is -0.658. The summed E-state index contributed by atoms with van der Waals surface area (Å²) >= 11 is 0. The molecule has 2 atom stereocenters. The number of hydrogen-bond donors (Lipinski definition) is 2. The monoisotopic (exact) mass is 276 g/mol. The molecule has 0 fully saturated rings. The van der Waals surface area contributed by atoms with Crippen LogP contribution >= 0.6 is 0 Å². The maximum Gasteiger partial charge on any atom is 0.140 e. The first-order valence-electron chi connectivity index (χ1n) is 6.81. The lowest BCUT2D eigenvalue weighted by atomic mass is 9.69. The van der Waals surface area contributed by atoms with Gasteiger partial charge in [-0.1, -0.05) is 18.2 Å². The second-order valence-corrected chi connectivity index (χ2v) is 5.20. The molecular weight excluding hydrogens is 252 g/mol. The Bertz CT molecular complexity index is 451. The van der Waals surface area contributed by atoms with Gasteiger partial charge in [-0.3, -0.25) is 9.59 Å². The van der Waals surface area contributed by atoms with Crippen molar-refractivity contribution in [2.75, 3.05) is 14.1 Å². The zero-order valence-electron chi connectivity index (χ0n) is 12.7. The molecule has 0 spiro atoms. The van der Waals surface area contributed by atoms with Crippen LogP contribution in [0.1, 0.15) is 20.3 Å². The van der Waals surface area contributed by atoms with E-state index in [1.54, 1.807) is 6.08 Å². The Morgan fingerprint density at radius 2 is 1.95 bits per heavy atom. The summed E-state index contributed by atoms with van der Waals surface area (Å²) < 4.78 is 0. The molecule has 1 rings (SSSR count). The van der Waals surface area contributed by atoms with Crippen molar-refractivity contribution in [1.82, 2.24) is 10.6 Å². The second kappa shape index (κ2) is 6.66. The summed E-state index contributed by atoms with van der Waals surface area (Å²) in [6.07, 6.45) is 8.46. The van der Waals surface area contributed by atoms with E-state index in [4.69, 9.17) is 0 Å². The highest BCUT2D eigenvalue weighted by atomic mass is 16.1. The molecule has 2 N–H and O–H groups in total. The Hall–Kier alpha value is -1.68. The van der Waals surface area contributed by atoms with E-state index in [0.717, 1.165) is 5.70 Å². The molecule has 0 aromatic heterocycles. The van der Waals surface area contributed by atoms with Gasteiger partial charge in [-0.15, -0.1) is 6.58 Å². The zero-order chi connectivity index (χ0) is 15.3. The van der Waals surface area contributed by atoms with Crippen LogP contribution in [-0.2, 0) is 9.59 Å². The summed E-state index contributed by atoms with van der Waals surface area (Å²) in [5, 5.41) is 6.35. The molecule has 0 saturated carbocycles. The number of carbonyl (C=O) groups excluding carboxylic acids is 2. The number of ketones is 2. The first-order valence-corrected chi connectivity index (χ1v) is 6.81. The molecule has 0 saturated heterocycles. The van der Waals surface area contributed by atoms with Crippen LogP contribution in [0.15, 0.2) is 36.6 Å². The SMILES string of the molecule is C=CC(C(C(C)=O)C(C)=O)C1(NC)C=CC(NC)=CC1. The van der Waals surface area contributed by atoms with Gasteiger partial charge in [0.05, 0.1) is 5.92 Å². The van der Waals surface area contributed by atoms with Crippen LogP contribution in [0, 0.1) is 11.8 Å². The molecule has 110 valence electrons. The summed E-state index contributed by atoms with van der Waals surface area (Å²) in [5.41, 5.74) is 0.574. The molecule has 1 aliphatic carbocycles. The minimum Gasteiger partial charge on any atom is -0.388 e. The van der Waals surface area contributed by atoms with Crippen molar-refractivity contribution in [2.24, 2.45) is 11.8 Å². The summed E-state index contributed by atoms with van der Waals surface area (Å²) in [6, 6.07) is 0. The van der Waals surface area contributed by atoms with Gasteiger partial charge in [0, 0.05) is 24.2 Å². The van der Waals surface area contributed by atoms with Crippen molar-refractivity contribution >= 4 is 11.6 Å². The Kier molecular flexibility index (Phi) is 5.45. The van der Waals surface area contributed by atoms with Crippen LogP contribution in [0.5, 0.6) is 0 Å². The first-order chi connectivity index (χ1) is 9.41. The third-order valence-corrected chi connectivity index (χ3v) is 4.06. The van der Waals surface area contributed by atoms with Gasteiger partial charge in [-0.05, 0) is 33.4 Å². The average Bonchev–Trinajstić information content (AvgIpc) is 2.43. The third-order valence-electron chi connectivity index (χ3n) is 4.06. The number of likely N-dealkylation sites (N-methyl/N-ethyl adjacent to an activating group) is 2. The number of Topliss-reactive ketones (excluding diaryl/α,β-unsaturated/α-hetero) is 2. The fraction of sp³-hybridized carbons (Fsp3) is 0.500. The zero-order valence-corrected chi connectivity index (χ0v) is 12.7.